The molecule has 0 aromatic carbocycles. The van der Waals surface area contributed by atoms with E-state index in [4.69, 9.17) is 15.5 Å². The SMILES string of the molecule is CS.Cc1cn2c(-c3nccc(N4CCOC(CN)C4)n3)cnc2cn1. The molecule has 1 fully saturated rings. The topological polar surface area (TPSA) is 94.5 Å². The van der Waals surface area contributed by atoms with Crippen LogP contribution in [0.2, 0.25) is 0 Å². The van der Waals surface area contributed by atoms with Gasteiger partial charge >= 0.3 is 0 Å². The molecule has 0 bridgehead atoms. The Kier molecular flexibility index (Phi) is 6.02. The Balaban J connectivity index is 0.000000948. The predicted molar refractivity (Wildman–Crippen MR) is 105 cm³/mol. The molecule has 138 valence electrons. The zero-order valence-corrected chi connectivity index (χ0v) is 15.8. The third-order valence-corrected chi connectivity index (χ3v) is 4.12. The van der Waals surface area contributed by atoms with Crippen molar-refractivity contribution in [1.82, 2.24) is 24.3 Å². The number of thiol groups is 1. The quantitative estimate of drug-likeness (QED) is 0.666. The molecule has 1 atom stereocenters. The molecule has 0 amide bonds. The zero-order chi connectivity index (χ0) is 18.5. The van der Waals surface area contributed by atoms with E-state index >= 15 is 0 Å². The second-order valence-corrected chi connectivity index (χ2v) is 5.81. The first-order valence-corrected chi connectivity index (χ1v) is 9.28. The molecule has 0 aliphatic carbocycles. The number of imidazole rings is 1. The van der Waals surface area contributed by atoms with Gasteiger partial charge in [0.1, 0.15) is 11.5 Å². The van der Waals surface area contributed by atoms with Crippen LogP contribution >= 0.6 is 12.6 Å². The number of fused-ring (bicyclic) bond motifs is 1. The number of aryl methyl sites for hydroxylation is 1. The molecule has 1 aliphatic rings. The summed E-state index contributed by atoms with van der Waals surface area (Å²) in [4.78, 5) is 20.0. The van der Waals surface area contributed by atoms with E-state index in [1.165, 1.54) is 0 Å². The molecule has 3 aromatic rings. The van der Waals surface area contributed by atoms with Crippen molar-refractivity contribution in [2.24, 2.45) is 5.73 Å². The predicted octanol–water partition coefficient (Wildman–Crippen LogP) is 1.20. The van der Waals surface area contributed by atoms with Crippen LogP contribution in [0.5, 0.6) is 0 Å². The maximum atomic E-state index is 5.73. The molecule has 2 N–H and O–H groups in total. The summed E-state index contributed by atoms with van der Waals surface area (Å²) in [6.45, 7) is 4.64. The van der Waals surface area contributed by atoms with Gasteiger partial charge in [0.25, 0.3) is 0 Å². The number of anilines is 1. The Morgan fingerprint density at radius 1 is 1.27 bits per heavy atom. The maximum Gasteiger partial charge on any atom is 0.180 e. The Labute approximate surface area is 157 Å². The molecular formula is C17H23N7OS. The molecular weight excluding hydrogens is 350 g/mol. The number of nitrogens with zero attached hydrogens (tertiary/aromatic N) is 6. The van der Waals surface area contributed by atoms with Gasteiger partial charge in [0.05, 0.1) is 30.8 Å². The largest absolute Gasteiger partial charge is 0.373 e. The Morgan fingerprint density at radius 3 is 2.92 bits per heavy atom. The lowest BCUT2D eigenvalue weighted by Crippen LogP contribution is -2.46. The van der Waals surface area contributed by atoms with Crippen LogP contribution in [0.3, 0.4) is 0 Å². The van der Waals surface area contributed by atoms with E-state index in [1.807, 2.05) is 23.6 Å². The first kappa shape index (κ1) is 18.6. The van der Waals surface area contributed by atoms with Gasteiger partial charge in [-0.1, -0.05) is 0 Å². The molecule has 8 nitrogen and oxygen atoms in total. The summed E-state index contributed by atoms with van der Waals surface area (Å²) in [5.74, 6) is 1.52. The van der Waals surface area contributed by atoms with Crippen LogP contribution < -0.4 is 10.6 Å². The second kappa shape index (κ2) is 8.43. The Morgan fingerprint density at radius 2 is 2.12 bits per heavy atom. The van der Waals surface area contributed by atoms with Crippen LogP contribution in [-0.4, -0.2) is 62.9 Å². The van der Waals surface area contributed by atoms with E-state index in [2.05, 4.69) is 32.5 Å². The summed E-state index contributed by atoms with van der Waals surface area (Å²) in [5, 5.41) is 0. The first-order chi connectivity index (χ1) is 12.7. The monoisotopic (exact) mass is 373 g/mol. The van der Waals surface area contributed by atoms with E-state index in [-0.39, 0.29) is 6.10 Å². The van der Waals surface area contributed by atoms with Gasteiger partial charge in [0, 0.05) is 32.0 Å². The van der Waals surface area contributed by atoms with Crippen molar-refractivity contribution >= 4 is 24.1 Å². The van der Waals surface area contributed by atoms with E-state index in [1.54, 1.807) is 24.8 Å². The highest BCUT2D eigenvalue weighted by molar-refractivity contribution is 7.79. The molecule has 1 saturated heterocycles. The van der Waals surface area contributed by atoms with Crippen LogP contribution in [0.15, 0.2) is 30.9 Å². The Bertz CT molecular complexity index is 869. The van der Waals surface area contributed by atoms with Crippen molar-refractivity contribution in [2.75, 3.05) is 37.4 Å². The average molecular weight is 373 g/mol. The average Bonchev–Trinajstić information content (AvgIpc) is 3.12. The van der Waals surface area contributed by atoms with Crippen molar-refractivity contribution in [1.29, 1.82) is 0 Å². The normalized spacial score (nSPS) is 17.1. The molecule has 4 rings (SSSR count). The van der Waals surface area contributed by atoms with Crippen molar-refractivity contribution in [3.05, 3.63) is 36.5 Å². The molecule has 26 heavy (non-hydrogen) atoms. The van der Waals surface area contributed by atoms with Gasteiger partial charge in [-0.15, -0.1) is 0 Å². The molecule has 1 unspecified atom stereocenters. The fourth-order valence-corrected chi connectivity index (χ4v) is 2.87. The van der Waals surface area contributed by atoms with Gasteiger partial charge in [-0.2, -0.15) is 12.6 Å². The van der Waals surface area contributed by atoms with Crippen LogP contribution in [0.4, 0.5) is 5.82 Å². The lowest BCUT2D eigenvalue weighted by atomic mass is 10.2. The molecule has 0 spiro atoms. The minimum atomic E-state index is 0.0432. The number of nitrogens with two attached hydrogens (primary N) is 1. The third-order valence-electron chi connectivity index (χ3n) is 4.12. The molecule has 4 heterocycles. The standard InChI is InChI=1S/C16H19N7O.CH4S/c1-11-9-23-13(7-20-15(23)8-19-11)16-18-3-2-14(21-16)22-4-5-24-12(6-17)10-22;1-2/h2-3,7-9,12H,4-6,10,17H2,1H3;2H,1H3. The van der Waals surface area contributed by atoms with E-state index in [0.29, 0.717) is 19.0 Å². The molecule has 3 aromatic heterocycles. The highest BCUT2D eigenvalue weighted by atomic mass is 32.1. The number of ether oxygens (including phenoxy) is 1. The van der Waals surface area contributed by atoms with Crippen molar-refractivity contribution < 1.29 is 4.74 Å². The van der Waals surface area contributed by atoms with Gasteiger partial charge < -0.3 is 15.4 Å². The maximum absolute atomic E-state index is 5.73. The van der Waals surface area contributed by atoms with Gasteiger partial charge in [0.2, 0.25) is 0 Å². The summed E-state index contributed by atoms with van der Waals surface area (Å²) in [6, 6.07) is 1.92. The second-order valence-electron chi connectivity index (χ2n) is 5.81. The fraction of sp³-hybridized carbons (Fsp3) is 0.412. The van der Waals surface area contributed by atoms with Crippen molar-refractivity contribution in [3.8, 4) is 11.5 Å². The number of hydrogen-bond donors (Lipinski definition) is 2. The highest BCUT2D eigenvalue weighted by Gasteiger charge is 2.21. The van der Waals surface area contributed by atoms with Crippen LogP contribution in [0, 0.1) is 6.92 Å². The molecule has 0 radical (unpaired) electrons. The first-order valence-electron chi connectivity index (χ1n) is 8.39. The lowest BCUT2D eigenvalue weighted by Gasteiger charge is -2.33. The summed E-state index contributed by atoms with van der Waals surface area (Å²) in [7, 11) is 0. The van der Waals surface area contributed by atoms with Crippen molar-refractivity contribution in [3.63, 3.8) is 0 Å². The van der Waals surface area contributed by atoms with Crippen LogP contribution in [0.25, 0.3) is 17.2 Å². The molecule has 9 heteroatoms. The minimum absolute atomic E-state index is 0.0432. The number of rotatable bonds is 3. The van der Waals surface area contributed by atoms with Gasteiger partial charge in [-0.25, -0.2) is 15.0 Å². The lowest BCUT2D eigenvalue weighted by molar-refractivity contribution is 0.0463. The molecule has 0 saturated carbocycles. The number of aromatic nitrogens is 5. The summed E-state index contributed by atoms with van der Waals surface area (Å²) < 4.78 is 7.58. The number of morpholine rings is 1. The fourth-order valence-electron chi connectivity index (χ4n) is 2.87. The summed E-state index contributed by atoms with van der Waals surface area (Å²) >= 11 is 3.53. The zero-order valence-electron chi connectivity index (χ0n) is 14.9. The van der Waals surface area contributed by atoms with Crippen molar-refractivity contribution in [2.45, 2.75) is 13.0 Å². The smallest absolute Gasteiger partial charge is 0.180 e. The third kappa shape index (κ3) is 3.79. The summed E-state index contributed by atoms with van der Waals surface area (Å²) in [5.41, 5.74) is 8.26. The molecule has 1 aliphatic heterocycles. The highest BCUT2D eigenvalue weighted by Crippen LogP contribution is 2.21. The van der Waals surface area contributed by atoms with Crippen LogP contribution in [0.1, 0.15) is 5.69 Å². The van der Waals surface area contributed by atoms with E-state index < -0.39 is 0 Å². The van der Waals surface area contributed by atoms with Crippen LogP contribution in [-0.2, 0) is 4.74 Å². The van der Waals surface area contributed by atoms with E-state index in [0.717, 1.165) is 35.9 Å². The van der Waals surface area contributed by atoms with Gasteiger partial charge in [0.15, 0.2) is 11.5 Å². The minimum Gasteiger partial charge on any atom is -0.373 e. The summed E-state index contributed by atoms with van der Waals surface area (Å²) in [6.07, 6.45) is 8.97. The van der Waals surface area contributed by atoms with E-state index in [9.17, 15) is 0 Å². The van der Waals surface area contributed by atoms with Gasteiger partial charge in [-0.05, 0) is 19.2 Å². The van der Waals surface area contributed by atoms with Gasteiger partial charge in [-0.3, -0.25) is 9.38 Å². The Hall–Kier alpha value is -2.23. The number of hydrogen-bond acceptors (Lipinski definition) is 8.